The van der Waals surface area contributed by atoms with E-state index in [-0.39, 0.29) is 5.91 Å². The number of rotatable bonds is 7. The zero-order valence-corrected chi connectivity index (χ0v) is 15.7. The predicted molar refractivity (Wildman–Crippen MR) is 105 cm³/mol. The zero-order valence-electron chi connectivity index (χ0n) is 15.7. The van der Waals surface area contributed by atoms with Crippen molar-refractivity contribution in [1.82, 2.24) is 0 Å². The molecule has 29 heavy (non-hydrogen) atoms. The number of amides is 1. The Labute approximate surface area is 166 Å². The number of nitrogens with one attached hydrogen (secondary N) is 1. The normalized spacial score (nSPS) is 10.7. The van der Waals surface area contributed by atoms with E-state index in [9.17, 15) is 18.0 Å². The minimum absolute atomic E-state index is 0.103. The molecule has 6 N–H and O–H groups in total. The van der Waals surface area contributed by atoms with E-state index in [0.717, 1.165) is 30.5 Å². The van der Waals surface area contributed by atoms with Crippen molar-refractivity contribution in [3.63, 3.8) is 0 Å². The third-order valence-corrected chi connectivity index (χ3v) is 3.77. The van der Waals surface area contributed by atoms with Crippen LogP contribution in [-0.2, 0) is 17.6 Å². The number of carboxylic acids is 1. The molecule has 0 unspecified atom stereocenters. The molecule has 158 valence electrons. The molecule has 1 amide bonds. The number of carbonyl (C=O) groups is 2. The van der Waals surface area contributed by atoms with Crippen LogP contribution in [0.2, 0.25) is 0 Å². The number of hydrogen-bond acceptors (Lipinski definition) is 4. The van der Waals surface area contributed by atoms with Crippen molar-refractivity contribution in [1.29, 1.82) is 0 Å². The monoisotopic (exact) mass is 411 g/mol. The summed E-state index contributed by atoms with van der Waals surface area (Å²) in [5.74, 6) is -2.86. The zero-order chi connectivity index (χ0) is 21.9. The molecule has 6 nitrogen and oxygen atoms in total. The molecule has 0 saturated carbocycles. The SMILES string of the molecule is NCCCc1ccc(NC(=O)c2ccc(CCN)cc2)cc1.O=C(O)C(F)(F)F. The van der Waals surface area contributed by atoms with Crippen molar-refractivity contribution in [3.05, 3.63) is 65.2 Å². The Kier molecular flexibility index (Phi) is 9.84. The molecule has 0 aliphatic rings. The van der Waals surface area contributed by atoms with E-state index in [1.165, 1.54) is 5.56 Å². The van der Waals surface area contributed by atoms with Gasteiger partial charge in [-0.2, -0.15) is 13.2 Å². The number of benzene rings is 2. The first-order valence-electron chi connectivity index (χ1n) is 8.87. The highest BCUT2D eigenvalue weighted by molar-refractivity contribution is 6.04. The van der Waals surface area contributed by atoms with Crippen LogP contribution in [0.4, 0.5) is 18.9 Å². The molecule has 0 saturated heterocycles. The fourth-order valence-corrected chi connectivity index (χ4v) is 2.25. The number of aliphatic carboxylic acids is 1. The summed E-state index contributed by atoms with van der Waals surface area (Å²) in [6, 6.07) is 15.4. The second-order valence-electron chi connectivity index (χ2n) is 6.08. The Hall–Kier alpha value is -2.91. The van der Waals surface area contributed by atoms with Gasteiger partial charge in [0.05, 0.1) is 0 Å². The van der Waals surface area contributed by atoms with Crippen LogP contribution in [0.1, 0.15) is 27.9 Å². The van der Waals surface area contributed by atoms with Gasteiger partial charge in [0.2, 0.25) is 0 Å². The van der Waals surface area contributed by atoms with Crippen LogP contribution in [-0.4, -0.2) is 36.2 Å². The van der Waals surface area contributed by atoms with E-state index in [4.69, 9.17) is 21.4 Å². The highest BCUT2D eigenvalue weighted by Crippen LogP contribution is 2.14. The quantitative estimate of drug-likeness (QED) is 0.559. The predicted octanol–water partition coefficient (Wildman–Crippen LogP) is 2.96. The number of alkyl halides is 3. The molecule has 2 aromatic rings. The summed E-state index contributed by atoms with van der Waals surface area (Å²) in [5, 5.41) is 10.0. The Balaban J connectivity index is 0.000000516. The average molecular weight is 411 g/mol. The van der Waals surface area contributed by atoms with Gasteiger partial charge in [0, 0.05) is 11.3 Å². The van der Waals surface area contributed by atoms with Crippen molar-refractivity contribution in [2.75, 3.05) is 18.4 Å². The molecular weight excluding hydrogens is 387 g/mol. The van der Waals surface area contributed by atoms with Crippen LogP contribution >= 0.6 is 0 Å². The number of carboxylic acid groups (broad SMARTS) is 1. The Bertz CT molecular complexity index is 776. The van der Waals surface area contributed by atoms with Gasteiger partial charge in [0.1, 0.15) is 0 Å². The highest BCUT2D eigenvalue weighted by Gasteiger charge is 2.38. The van der Waals surface area contributed by atoms with Gasteiger partial charge in [-0.25, -0.2) is 4.79 Å². The van der Waals surface area contributed by atoms with Crippen LogP contribution < -0.4 is 16.8 Å². The number of carbonyl (C=O) groups excluding carboxylic acids is 1. The number of nitrogens with two attached hydrogens (primary N) is 2. The Morgan fingerprint density at radius 3 is 1.79 bits per heavy atom. The maximum absolute atomic E-state index is 12.2. The largest absolute Gasteiger partial charge is 0.490 e. The third-order valence-electron chi connectivity index (χ3n) is 3.77. The molecule has 2 aromatic carbocycles. The summed E-state index contributed by atoms with van der Waals surface area (Å²) in [6.45, 7) is 1.31. The van der Waals surface area contributed by atoms with E-state index >= 15 is 0 Å². The van der Waals surface area contributed by atoms with E-state index in [1.54, 1.807) is 0 Å². The fraction of sp³-hybridized carbons (Fsp3) is 0.300. The molecule has 0 fully saturated rings. The van der Waals surface area contributed by atoms with Gasteiger partial charge in [-0.1, -0.05) is 24.3 Å². The average Bonchev–Trinajstić information content (AvgIpc) is 2.68. The number of hydrogen-bond donors (Lipinski definition) is 4. The van der Waals surface area contributed by atoms with Crippen molar-refractivity contribution >= 4 is 17.6 Å². The molecule has 0 aliphatic heterocycles. The van der Waals surface area contributed by atoms with E-state index in [2.05, 4.69) is 5.32 Å². The van der Waals surface area contributed by atoms with Gasteiger partial charge in [-0.15, -0.1) is 0 Å². The Morgan fingerprint density at radius 1 is 0.862 bits per heavy atom. The first-order chi connectivity index (χ1) is 13.7. The number of anilines is 1. The van der Waals surface area contributed by atoms with Crippen LogP contribution in [0.25, 0.3) is 0 Å². The minimum atomic E-state index is -5.08. The van der Waals surface area contributed by atoms with E-state index < -0.39 is 12.1 Å². The summed E-state index contributed by atoms with van der Waals surface area (Å²) in [7, 11) is 0. The maximum Gasteiger partial charge on any atom is 0.490 e. The molecule has 0 atom stereocenters. The van der Waals surface area contributed by atoms with Gasteiger partial charge >= 0.3 is 12.1 Å². The van der Waals surface area contributed by atoms with Crippen molar-refractivity contribution in [3.8, 4) is 0 Å². The van der Waals surface area contributed by atoms with Crippen LogP contribution in [0.5, 0.6) is 0 Å². The van der Waals surface area contributed by atoms with E-state index in [1.807, 2.05) is 48.5 Å². The first kappa shape index (κ1) is 24.1. The maximum atomic E-state index is 12.2. The van der Waals surface area contributed by atoms with Crippen molar-refractivity contribution < 1.29 is 27.9 Å². The molecule has 0 spiro atoms. The number of halogens is 3. The van der Waals surface area contributed by atoms with Gasteiger partial charge in [0.25, 0.3) is 5.91 Å². The topological polar surface area (TPSA) is 118 Å². The molecule has 0 heterocycles. The van der Waals surface area contributed by atoms with Crippen molar-refractivity contribution in [2.24, 2.45) is 11.5 Å². The van der Waals surface area contributed by atoms with Crippen molar-refractivity contribution in [2.45, 2.75) is 25.4 Å². The lowest BCUT2D eigenvalue weighted by Crippen LogP contribution is -2.21. The van der Waals surface area contributed by atoms with Crippen LogP contribution in [0.15, 0.2) is 48.5 Å². The second kappa shape index (κ2) is 11.8. The summed E-state index contributed by atoms with van der Waals surface area (Å²) in [5.41, 5.74) is 14.8. The summed E-state index contributed by atoms with van der Waals surface area (Å²) in [6.07, 6.45) is -2.32. The Morgan fingerprint density at radius 2 is 1.34 bits per heavy atom. The minimum Gasteiger partial charge on any atom is -0.475 e. The summed E-state index contributed by atoms with van der Waals surface area (Å²) in [4.78, 5) is 21.1. The lowest BCUT2D eigenvalue weighted by molar-refractivity contribution is -0.192. The lowest BCUT2D eigenvalue weighted by atomic mass is 10.1. The molecule has 0 aromatic heterocycles. The second-order valence-corrected chi connectivity index (χ2v) is 6.08. The third kappa shape index (κ3) is 9.22. The highest BCUT2D eigenvalue weighted by atomic mass is 19.4. The molecule has 2 rings (SSSR count). The van der Waals surface area contributed by atoms with Crippen LogP contribution in [0.3, 0.4) is 0 Å². The molecule has 0 bridgehead atoms. The first-order valence-corrected chi connectivity index (χ1v) is 8.87. The number of aryl methyl sites for hydroxylation is 1. The smallest absolute Gasteiger partial charge is 0.475 e. The fourth-order valence-electron chi connectivity index (χ4n) is 2.25. The molecule has 0 radical (unpaired) electrons. The van der Waals surface area contributed by atoms with Crippen LogP contribution in [0, 0.1) is 0 Å². The van der Waals surface area contributed by atoms with E-state index in [0.29, 0.717) is 18.7 Å². The summed E-state index contributed by atoms with van der Waals surface area (Å²) >= 11 is 0. The summed E-state index contributed by atoms with van der Waals surface area (Å²) < 4.78 is 31.7. The molecule has 0 aliphatic carbocycles. The van der Waals surface area contributed by atoms with Gasteiger partial charge in [-0.3, -0.25) is 4.79 Å². The molecule has 9 heteroatoms. The lowest BCUT2D eigenvalue weighted by Gasteiger charge is -2.07. The standard InChI is InChI=1S/C18H23N3O.C2HF3O2/c19-12-1-2-14-5-9-17(10-6-14)21-18(22)16-7-3-15(4-8-16)11-13-20;3-2(4,5)1(6)7/h3-10H,1-2,11-13,19-20H2,(H,21,22);(H,6,7). The van der Waals surface area contributed by atoms with Gasteiger partial charge < -0.3 is 21.9 Å². The molecular formula is C20H24F3N3O3. The van der Waals surface area contributed by atoms with Gasteiger partial charge in [0.15, 0.2) is 0 Å². The van der Waals surface area contributed by atoms with Gasteiger partial charge in [-0.05, 0) is 67.7 Å².